The minimum absolute atomic E-state index is 0.0474. The van der Waals surface area contributed by atoms with E-state index in [1.165, 1.54) is 24.8 Å². The number of sulfonamides is 1. The maximum atomic E-state index is 13.4. The van der Waals surface area contributed by atoms with Crippen LogP contribution in [-0.4, -0.2) is 66.4 Å². The Hall–Kier alpha value is -3.08. The minimum atomic E-state index is -3.55. The molecule has 0 atom stereocenters. The third-order valence-electron chi connectivity index (χ3n) is 8.32. The molecule has 1 aromatic heterocycles. The summed E-state index contributed by atoms with van der Waals surface area (Å²) < 4.78 is 28.3. The monoisotopic (exact) mass is 534 g/mol. The van der Waals surface area contributed by atoms with E-state index in [0.717, 1.165) is 23.9 Å². The highest BCUT2D eigenvalue weighted by Crippen LogP contribution is 2.39. The summed E-state index contributed by atoms with van der Waals surface area (Å²) in [6.45, 7) is 7.09. The number of aromatic nitrogens is 2. The summed E-state index contributed by atoms with van der Waals surface area (Å²) in [5, 5.41) is 11.2. The van der Waals surface area contributed by atoms with Crippen LogP contribution in [0.4, 0.5) is 11.5 Å². The van der Waals surface area contributed by atoms with Gasteiger partial charge in [0.05, 0.1) is 27.9 Å². The summed E-state index contributed by atoms with van der Waals surface area (Å²) >= 11 is 0. The van der Waals surface area contributed by atoms with Crippen LogP contribution in [0.1, 0.15) is 45.1 Å². The smallest absolute Gasteiger partial charge is 0.272 e. The molecule has 0 radical (unpaired) electrons. The molecule has 9 nitrogen and oxygen atoms in total. The highest BCUT2D eigenvalue weighted by atomic mass is 32.2. The van der Waals surface area contributed by atoms with E-state index < -0.39 is 10.0 Å². The zero-order chi connectivity index (χ0) is 26.5. The number of hydrogen-bond acceptors (Lipinski definition) is 7. The third kappa shape index (κ3) is 4.65. The summed E-state index contributed by atoms with van der Waals surface area (Å²) in [6, 6.07) is 13.0. The van der Waals surface area contributed by atoms with Gasteiger partial charge in [-0.3, -0.25) is 9.69 Å². The summed E-state index contributed by atoms with van der Waals surface area (Å²) in [7, 11) is -3.55. The van der Waals surface area contributed by atoms with Gasteiger partial charge in [-0.15, -0.1) is 0 Å². The Kier molecular flexibility index (Phi) is 6.36. The minimum Gasteiger partial charge on any atom is -0.342 e. The van der Waals surface area contributed by atoms with Gasteiger partial charge in [0.25, 0.3) is 5.56 Å². The van der Waals surface area contributed by atoms with Crippen LogP contribution in [-0.2, 0) is 15.4 Å². The Morgan fingerprint density at radius 2 is 1.76 bits per heavy atom. The van der Waals surface area contributed by atoms with E-state index in [-0.39, 0.29) is 11.0 Å². The van der Waals surface area contributed by atoms with Crippen molar-refractivity contribution in [1.82, 2.24) is 19.4 Å². The van der Waals surface area contributed by atoms with E-state index in [2.05, 4.69) is 39.3 Å². The Bertz CT molecular complexity index is 1550. The average molecular weight is 535 g/mol. The third-order valence-corrected chi connectivity index (χ3v) is 10.2. The molecule has 0 unspecified atom stereocenters. The van der Waals surface area contributed by atoms with Crippen LogP contribution in [0.3, 0.4) is 0 Å². The fourth-order valence-electron chi connectivity index (χ4n) is 5.88. The lowest BCUT2D eigenvalue weighted by molar-refractivity contribution is 0.209. The fourth-order valence-corrected chi connectivity index (χ4v) is 7.30. The first-order valence-corrected chi connectivity index (χ1v) is 14.8. The zero-order valence-corrected chi connectivity index (χ0v) is 22.7. The lowest BCUT2D eigenvalue weighted by atomic mass is 9.71. The van der Waals surface area contributed by atoms with Crippen molar-refractivity contribution in [2.45, 2.75) is 49.8 Å². The number of rotatable bonds is 7. The molecule has 2 fully saturated rings. The molecule has 3 heterocycles. The largest absolute Gasteiger partial charge is 0.342 e. The fraction of sp³-hybridized carbons (Fsp3) is 0.464. The number of nitrogens with zero attached hydrogens (tertiary/aromatic N) is 4. The van der Waals surface area contributed by atoms with Crippen LogP contribution >= 0.6 is 0 Å². The second-order valence-corrected chi connectivity index (χ2v) is 13.3. The number of aliphatic imine (C=N–C) groups is 1. The zero-order valence-electron chi connectivity index (χ0n) is 21.9. The molecule has 0 spiro atoms. The van der Waals surface area contributed by atoms with Crippen molar-refractivity contribution in [1.29, 1.82) is 0 Å². The van der Waals surface area contributed by atoms with Gasteiger partial charge in [-0.05, 0) is 47.6 Å². The number of amidine groups is 1. The Morgan fingerprint density at radius 1 is 1.03 bits per heavy atom. The van der Waals surface area contributed by atoms with Crippen LogP contribution in [0, 0.1) is 5.92 Å². The van der Waals surface area contributed by atoms with E-state index in [0.29, 0.717) is 54.2 Å². The van der Waals surface area contributed by atoms with Gasteiger partial charge in [0, 0.05) is 26.2 Å². The Balaban J connectivity index is 1.10. The molecule has 3 aliphatic rings. The van der Waals surface area contributed by atoms with E-state index in [4.69, 9.17) is 0 Å². The van der Waals surface area contributed by atoms with Crippen molar-refractivity contribution in [2.24, 2.45) is 10.9 Å². The van der Waals surface area contributed by atoms with Crippen molar-refractivity contribution in [3.8, 4) is 0 Å². The summed E-state index contributed by atoms with van der Waals surface area (Å²) in [6.07, 6.45) is 5.11. The second kappa shape index (κ2) is 9.59. The summed E-state index contributed by atoms with van der Waals surface area (Å²) in [5.41, 5.74) is 1.81. The number of hydrogen-bond donors (Lipinski definition) is 2. The molecule has 2 aliphatic heterocycles. The number of benzene rings is 2. The number of anilines is 1. The highest BCUT2D eigenvalue weighted by molar-refractivity contribution is 7.89. The molecule has 10 heteroatoms. The first-order chi connectivity index (χ1) is 18.2. The number of nitrogens with one attached hydrogen (secondary N) is 2. The lowest BCUT2D eigenvalue weighted by Crippen LogP contribution is -2.50. The van der Waals surface area contributed by atoms with Gasteiger partial charge in [-0.25, -0.2) is 18.5 Å². The van der Waals surface area contributed by atoms with Gasteiger partial charge in [0.2, 0.25) is 10.0 Å². The highest BCUT2D eigenvalue weighted by Gasteiger charge is 2.31. The van der Waals surface area contributed by atoms with Crippen LogP contribution in [0.5, 0.6) is 0 Å². The van der Waals surface area contributed by atoms with Crippen molar-refractivity contribution in [2.75, 3.05) is 38.0 Å². The second-order valence-electron chi connectivity index (χ2n) is 11.4. The summed E-state index contributed by atoms with van der Waals surface area (Å²) in [5.74, 6) is 2.01. The average Bonchev–Trinajstić information content (AvgIpc) is 2.89. The SMILES string of the molecule is CC(C)(CC1CCC1)c1ccc(S(=O)(=O)N2CCN(CC3=Nc4n[nH]c(=O)c5cccc(c45)N3)CC2)cc1. The lowest BCUT2D eigenvalue weighted by Gasteiger charge is -2.35. The van der Waals surface area contributed by atoms with Crippen molar-refractivity contribution in [3.63, 3.8) is 0 Å². The molecule has 38 heavy (non-hydrogen) atoms. The molecule has 0 amide bonds. The first kappa shape index (κ1) is 25.2. The van der Waals surface area contributed by atoms with E-state index in [1.54, 1.807) is 22.5 Å². The first-order valence-electron chi connectivity index (χ1n) is 13.4. The molecule has 2 aromatic carbocycles. The Labute approximate surface area is 223 Å². The molecular formula is C28H34N6O3S. The van der Waals surface area contributed by atoms with Crippen LogP contribution in [0.2, 0.25) is 0 Å². The van der Waals surface area contributed by atoms with Crippen molar-refractivity contribution in [3.05, 3.63) is 58.4 Å². The van der Waals surface area contributed by atoms with Gasteiger partial charge >= 0.3 is 0 Å². The maximum Gasteiger partial charge on any atom is 0.272 e. The van der Waals surface area contributed by atoms with Crippen LogP contribution < -0.4 is 10.9 Å². The predicted octanol–water partition coefficient (Wildman–Crippen LogP) is 3.85. The van der Waals surface area contributed by atoms with Gasteiger partial charge < -0.3 is 5.32 Å². The number of H-pyrrole nitrogens is 1. The van der Waals surface area contributed by atoms with Crippen LogP contribution in [0.25, 0.3) is 10.8 Å². The standard InChI is InChI=1S/C28H34N6O3S/c1-28(2,17-19-5-3-6-19)20-9-11-21(12-10-20)38(36,37)34-15-13-33(14-16-34)18-24-29-23-8-4-7-22-25(23)26(30-24)31-32-27(22)35/h4,7-12,19H,3,5-6,13-18H2,1-2H3,(H,32,35)(H,29,30,31). The number of aromatic amines is 1. The van der Waals surface area contributed by atoms with E-state index >= 15 is 0 Å². The summed E-state index contributed by atoms with van der Waals surface area (Å²) in [4.78, 5) is 19.3. The molecule has 200 valence electrons. The quantitative estimate of drug-likeness (QED) is 0.476. The molecule has 1 saturated heterocycles. The van der Waals surface area contributed by atoms with Crippen molar-refractivity contribution >= 4 is 38.1 Å². The van der Waals surface area contributed by atoms with Crippen molar-refractivity contribution < 1.29 is 8.42 Å². The molecule has 2 N–H and O–H groups in total. The molecular weight excluding hydrogens is 500 g/mol. The van der Waals surface area contributed by atoms with E-state index in [9.17, 15) is 13.2 Å². The van der Waals surface area contributed by atoms with Gasteiger partial charge in [-0.1, -0.05) is 51.3 Å². The molecule has 3 aromatic rings. The topological polar surface area (TPSA) is 111 Å². The normalized spacial score (nSPS) is 19.2. The van der Waals surface area contributed by atoms with Gasteiger partial charge in [0.1, 0.15) is 5.84 Å². The molecule has 1 saturated carbocycles. The Morgan fingerprint density at radius 3 is 2.45 bits per heavy atom. The van der Waals surface area contributed by atoms with Gasteiger partial charge in [-0.2, -0.15) is 9.40 Å². The number of piperazine rings is 1. The van der Waals surface area contributed by atoms with Gasteiger partial charge in [0.15, 0.2) is 5.82 Å². The molecule has 1 aliphatic carbocycles. The maximum absolute atomic E-state index is 13.4. The van der Waals surface area contributed by atoms with Crippen LogP contribution in [0.15, 0.2) is 57.1 Å². The molecule has 6 rings (SSSR count). The molecule has 0 bridgehead atoms. The predicted molar refractivity (Wildman–Crippen MR) is 150 cm³/mol. The van der Waals surface area contributed by atoms with E-state index in [1.807, 2.05) is 24.3 Å².